The third kappa shape index (κ3) is 13.8. The van der Waals surface area contributed by atoms with Gasteiger partial charge in [-0.25, -0.2) is 0 Å². The fourth-order valence-electron chi connectivity index (χ4n) is 3.50. The van der Waals surface area contributed by atoms with Crippen molar-refractivity contribution in [1.29, 1.82) is 0 Å². The van der Waals surface area contributed by atoms with E-state index in [1.165, 1.54) is 0 Å². The van der Waals surface area contributed by atoms with Gasteiger partial charge in [0.2, 0.25) is 0 Å². The molecule has 0 bridgehead atoms. The van der Waals surface area contributed by atoms with Gasteiger partial charge in [0.05, 0.1) is 0 Å². The second kappa shape index (κ2) is 10.4. The molecule has 0 atom stereocenters. The third-order valence-corrected chi connectivity index (χ3v) is 23.9. The SMILES string of the molecule is CO[SiH](CC[Si](C)(C)O[Si](C)(C)O[Si](C)(C)O[Si](C)(C)O[Si](C)(C)C)OC. The fraction of sp³-hybridized carbons (Fsp3) is 1.00. The van der Waals surface area contributed by atoms with E-state index < -0.39 is 51.6 Å². The van der Waals surface area contributed by atoms with Gasteiger partial charge in [0, 0.05) is 14.2 Å². The van der Waals surface area contributed by atoms with Crippen molar-refractivity contribution < 1.29 is 25.3 Å². The molecule has 0 spiro atoms. The lowest BCUT2D eigenvalue weighted by Gasteiger charge is -2.42. The zero-order chi connectivity index (χ0) is 21.7. The van der Waals surface area contributed by atoms with Gasteiger partial charge in [0.25, 0.3) is 0 Å². The van der Waals surface area contributed by atoms with E-state index in [4.69, 9.17) is 25.3 Å². The summed E-state index contributed by atoms with van der Waals surface area (Å²) in [6.07, 6.45) is 0. The molecule has 6 nitrogen and oxygen atoms in total. The predicted molar refractivity (Wildman–Crippen MR) is 128 cm³/mol. The summed E-state index contributed by atoms with van der Waals surface area (Å²) in [7, 11) is -8.49. The van der Waals surface area contributed by atoms with Gasteiger partial charge in [-0.15, -0.1) is 0 Å². The van der Waals surface area contributed by atoms with Crippen LogP contribution in [0.2, 0.25) is 84.1 Å². The summed E-state index contributed by atoms with van der Waals surface area (Å²) in [5, 5.41) is 0. The topological polar surface area (TPSA) is 55.4 Å². The van der Waals surface area contributed by atoms with Gasteiger partial charge in [-0.05, 0) is 84.1 Å². The summed E-state index contributed by atoms with van der Waals surface area (Å²) in [4.78, 5) is 0. The van der Waals surface area contributed by atoms with Crippen molar-refractivity contribution in [1.82, 2.24) is 0 Å². The first-order valence-corrected chi connectivity index (χ1v) is 26.4. The van der Waals surface area contributed by atoms with E-state index in [1.807, 2.05) is 0 Å². The van der Waals surface area contributed by atoms with Gasteiger partial charge in [-0.1, -0.05) is 0 Å². The summed E-state index contributed by atoms with van der Waals surface area (Å²) in [5.74, 6) is 0. The van der Waals surface area contributed by atoms with Gasteiger partial charge in [-0.2, -0.15) is 0 Å². The Balaban J connectivity index is 4.90. The zero-order valence-corrected chi connectivity index (χ0v) is 26.1. The van der Waals surface area contributed by atoms with Crippen molar-refractivity contribution in [2.24, 2.45) is 0 Å². The molecule has 0 heterocycles. The van der Waals surface area contributed by atoms with Crippen LogP contribution in [0.3, 0.4) is 0 Å². The molecule has 0 rings (SSSR count). The molecular weight excluding hydrogens is 445 g/mol. The van der Waals surface area contributed by atoms with Crippen molar-refractivity contribution in [3.8, 4) is 0 Å². The highest BCUT2D eigenvalue weighted by atomic mass is 28.5. The molecule has 0 fully saturated rings. The first kappa shape index (κ1) is 28.1. The minimum atomic E-state index is -2.36. The average Bonchev–Trinajstić information content (AvgIpc) is 2.31. The molecule has 0 N–H and O–H groups in total. The smallest absolute Gasteiger partial charge is 0.320 e. The molecule has 0 amide bonds. The Kier molecular flexibility index (Phi) is 10.8. The minimum absolute atomic E-state index is 0.970. The Morgan fingerprint density at radius 2 is 0.926 bits per heavy atom. The molecule has 0 radical (unpaired) electrons. The standard InChI is InChI=1S/C15H44O6Si6/c1-16-22(17-2)14-15-24(6,7)19-26(10,11)21-27(12,13)20-25(8,9)18-23(3,4)5/h22H,14-15H2,1-13H3. The third-order valence-electron chi connectivity index (χ3n) is 3.57. The Hall–Kier alpha value is 1.06. The Morgan fingerprint density at radius 1 is 0.556 bits per heavy atom. The van der Waals surface area contributed by atoms with E-state index in [0.717, 1.165) is 12.1 Å². The maximum Gasteiger partial charge on any atom is 0.320 e. The molecule has 164 valence electrons. The van der Waals surface area contributed by atoms with Crippen molar-refractivity contribution >= 4 is 51.6 Å². The fourth-order valence-corrected chi connectivity index (χ4v) is 30.6. The van der Waals surface area contributed by atoms with Crippen molar-refractivity contribution in [2.45, 2.75) is 84.1 Å². The summed E-state index contributed by atoms with van der Waals surface area (Å²) >= 11 is 0. The quantitative estimate of drug-likeness (QED) is 0.350. The van der Waals surface area contributed by atoms with E-state index in [-0.39, 0.29) is 0 Å². The largest absolute Gasteiger partial charge is 0.437 e. The zero-order valence-electron chi connectivity index (χ0n) is 19.9. The molecule has 27 heavy (non-hydrogen) atoms. The monoisotopic (exact) mass is 488 g/mol. The van der Waals surface area contributed by atoms with Crippen LogP contribution in [-0.4, -0.2) is 65.8 Å². The second-order valence-corrected chi connectivity index (χ2v) is 32.2. The van der Waals surface area contributed by atoms with Gasteiger partial charge < -0.3 is 25.3 Å². The highest BCUT2D eigenvalue weighted by molar-refractivity contribution is 6.90. The van der Waals surface area contributed by atoms with Crippen LogP contribution in [0.1, 0.15) is 0 Å². The molecular formula is C15H44O6Si6. The van der Waals surface area contributed by atoms with Crippen LogP contribution in [0.25, 0.3) is 0 Å². The van der Waals surface area contributed by atoms with Crippen LogP contribution >= 0.6 is 0 Å². The van der Waals surface area contributed by atoms with Crippen LogP contribution in [0.15, 0.2) is 0 Å². The highest BCUT2D eigenvalue weighted by Crippen LogP contribution is 2.27. The predicted octanol–water partition coefficient (Wildman–Crippen LogP) is 4.71. The Bertz CT molecular complexity index is 449. The summed E-state index contributed by atoms with van der Waals surface area (Å²) < 4.78 is 36.9. The lowest BCUT2D eigenvalue weighted by Crippen LogP contribution is -2.58. The first-order valence-electron chi connectivity index (χ1n) is 9.68. The highest BCUT2D eigenvalue weighted by Gasteiger charge is 2.45. The molecule has 0 aliphatic rings. The Labute approximate surface area is 175 Å². The molecule has 0 unspecified atom stereocenters. The second-order valence-electron chi connectivity index (χ2n) is 9.92. The summed E-state index contributed by atoms with van der Waals surface area (Å²) in [6, 6.07) is 1.99. The van der Waals surface area contributed by atoms with E-state index in [0.29, 0.717) is 0 Å². The normalized spacial score (nSPS) is 14.9. The van der Waals surface area contributed by atoms with E-state index in [9.17, 15) is 0 Å². The van der Waals surface area contributed by atoms with Gasteiger partial charge in [0.15, 0.2) is 16.6 Å². The average molecular weight is 489 g/mol. The molecule has 12 heteroatoms. The maximum absolute atomic E-state index is 6.62. The number of rotatable bonds is 13. The van der Waals surface area contributed by atoms with Crippen LogP contribution in [0.5, 0.6) is 0 Å². The molecule has 0 aromatic carbocycles. The van der Waals surface area contributed by atoms with Crippen molar-refractivity contribution in [3.63, 3.8) is 0 Å². The van der Waals surface area contributed by atoms with Gasteiger partial charge >= 0.3 is 35.0 Å². The molecule has 0 saturated heterocycles. The van der Waals surface area contributed by atoms with Gasteiger partial charge in [-0.3, -0.25) is 0 Å². The van der Waals surface area contributed by atoms with Crippen molar-refractivity contribution in [3.05, 3.63) is 0 Å². The van der Waals surface area contributed by atoms with Gasteiger partial charge in [0.1, 0.15) is 0 Å². The molecule has 0 saturated carbocycles. The van der Waals surface area contributed by atoms with Crippen LogP contribution in [0, 0.1) is 0 Å². The first-order chi connectivity index (χ1) is 11.8. The van der Waals surface area contributed by atoms with E-state index in [1.54, 1.807) is 14.2 Å². The number of hydrogen-bond acceptors (Lipinski definition) is 6. The molecule has 0 aliphatic carbocycles. The lowest BCUT2D eigenvalue weighted by atomic mass is 10.9. The minimum Gasteiger partial charge on any atom is -0.437 e. The molecule has 0 aromatic heterocycles. The summed E-state index contributed by atoms with van der Waals surface area (Å²) in [5.41, 5.74) is 0. The maximum atomic E-state index is 6.62. The summed E-state index contributed by atoms with van der Waals surface area (Å²) in [6.45, 7) is 23.9. The molecule has 0 aliphatic heterocycles. The van der Waals surface area contributed by atoms with Crippen molar-refractivity contribution in [2.75, 3.05) is 14.2 Å². The van der Waals surface area contributed by atoms with E-state index in [2.05, 4.69) is 72.0 Å². The van der Waals surface area contributed by atoms with Crippen LogP contribution < -0.4 is 0 Å². The lowest BCUT2D eigenvalue weighted by molar-refractivity contribution is 0.277. The van der Waals surface area contributed by atoms with E-state index >= 15 is 0 Å². The molecule has 0 aromatic rings. The number of hydrogen-bond donors (Lipinski definition) is 0. The van der Waals surface area contributed by atoms with Crippen LogP contribution in [0.4, 0.5) is 0 Å². The van der Waals surface area contributed by atoms with Crippen LogP contribution in [-0.2, 0) is 25.3 Å². The Morgan fingerprint density at radius 3 is 1.30 bits per heavy atom.